The molecule has 1 aliphatic heterocycles. The lowest BCUT2D eigenvalue weighted by atomic mass is 9.97. The van der Waals surface area contributed by atoms with Gasteiger partial charge in [-0.2, -0.15) is 0 Å². The fourth-order valence-electron chi connectivity index (χ4n) is 4.33. The van der Waals surface area contributed by atoms with Gasteiger partial charge in [-0.1, -0.05) is 18.9 Å². The van der Waals surface area contributed by atoms with E-state index in [1.807, 2.05) is 30.5 Å². The van der Waals surface area contributed by atoms with Gasteiger partial charge in [0.15, 0.2) is 0 Å². The Bertz CT molecular complexity index is 829. The van der Waals surface area contributed by atoms with Gasteiger partial charge in [0, 0.05) is 29.9 Å². The second kappa shape index (κ2) is 8.97. The van der Waals surface area contributed by atoms with Crippen LogP contribution in [-0.2, 0) is 0 Å². The number of carbonyl (C=O) groups is 1. The summed E-state index contributed by atoms with van der Waals surface area (Å²) in [4.78, 5) is 21.2. The van der Waals surface area contributed by atoms with Gasteiger partial charge in [0.1, 0.15) is 5.82 Å². The van der Waals surface area contributed by atoms with Crippen molar-refractivity contribution in [2.75, 3.05) is 23.3 Å². The van der Waals surface area contributed by atoms with E-state index in [0.717, 1.165) is 42.3 Å². The Labute approximate surface area is 171 Å². The molecule has 1 saturated carbocycles. The number of hydrogen-bond acceptors (Lipinski definition) is 5. The van der Waals surface area contributed by atoms with E-state index in [9.17, 15) is 4.79 Å². The highest BCUT2D eigenvalue weighted by Crippen LogP contribution is 2.35. The smallest absolute Gasteiger partial charge is 0.259 e. The second-order valence-electron chi connectivity index (χ2n) is 7.77. The van der Waals surface area contributed by atoms with Gasteiger partial charge in [-0.3, -0.25) is 9.93 Å². The van der Waals surface area contributed by atoms with Crippen molar-refractivity contribution in [2.45, 2.75) is 55.8 Å². The third-order valence-electron chi connectivity index (χ3n) is 5.84. The normalized spacial score (nSPS) is 17.7. The second-order valence-corrected chi connectivity index (χ2v) is 8.48. The topological polar surface area (TPSA) is 71.2 Å². The van der Waals surface area contributed by atoms with Crippen LogP contribution in [0.25, 0.3) is 0 Å². The van der Waals surface area contributed by atoms with E-state index in [4.69, 9.17) is 10.1 Å². The molecule has 0 spiro atoms. The van der Waals surface area contributed by atoms with Crippen molar-refractivity contribution < 1.29 is 4.79 Å². The highest BCUT2D eigenvalue weighted by Gasteiger charge is 2.24. The van der Waals surface area contributed by atoms with Gasteiger partial charge in [-0.25, -0.2) is 4.98 Å². The number of anilines is 2. The Hall–Kier alpha value is -2.05. The van der Waals surface area contributed by atoms with Crippen molar-refractivity contribution in [1.29, 1.82) is 0 Å². The van der Waals surface area contributed by atoms with Crippen LogP contribution in [0, 0.1) is 0 Å². The first-order valence-corrected chi connectivity index (χ1v) is 11.2. The summed E-state index contributed by atoms with van der Waals surface area (Å²) >= 11 is 1.18. The molecular weight excluding hydrogens is 368 g/mol. The van der Waals surface area contributed by atoms with Crippen molar-refractivity contribution in [3.05, 3.63) is 47.7 Å². The highest BCUT2D eigenvalue weighted by molar-refractivity contribution is 7.97. The van der Waals surface area contributed by atoms with Crippen LogP contribution in [0.5, 0.6) is 0 Å². The molecule has 3 N–H and O–H groups in total. The number of piperidine rings is 1. The van der Waals surface area contributed by atoms with E-state index < -0.39 is 0 Å². The number of aromatic nitrogens is 1. The van der Waals surface area contributed by atoms with Crippen LogP contribution in [0.1, 0.15) is 66.8 Å². The van der Waals surface area contributed by atoms with Crippen molar-refractivity contribution in [2.24, 2.45) is 5.14 Å². The predicted molar refractivity (Wildman–Crippen MR) is 116 cm³/mol. The highest BCUT2D eigenvalue weighted by atomic mass is 32.2. The molecule has 0 radical (unpaired) electrons. The molecule has 0 unspecified atom stereocenters. The Balaban J connectivity index is 1.64. The number of nitrogens with one attached hydrogen (secondary N) is 1. The number of rotatable bonds is 5. The Morgan fingerprint density at radius 1 is 1.11 bits per heavy atom. The van der Waals surface area contributed by atoms with Crippen molar-refractivity contribution in [3.8, 4) is 0 Å². The average molecular weight is 397 g/mol. The minimum Gasteiger partial charge on any atom is -0.356 e. The third kappa shape index (κ3) is 4.33. The molecule has 2 aromatic rings. The zero-order chi connectivity index (χ0) is 19.3. The number of amides is 1. The molecule has 2 aliphatic rings. The maximum atomic E-state index is 13.2. The molecule has 2 fully saturated rings. The van der Waals surface area contributed by atoms with Crippen LogP contribution < -0.4 is 15.4 Å². The maximum Gasteiger partial charge on any atom is 0.259 e. The molecule has 1 aromatic carbocycles. The molecule has 1 aliphatic carbocycles. The van der Waals surface area contributed by atoms with Gasteiger partial charge >= 0.3 is 0 Å². The fraction of sp³-hybridized carbons (Fsp3) is 0.455. The molecule has 28 heavy (non-hydrogen) atoms. The van der Waals surface area contributed by atoms with Crippen LogP contribution in [0.2, 0.25) is 0 Å². The van der Waals surface area contributed by atoms with E-state index in [1.54, 1.807) is 0 Å². The first kappa shape index (κ1) is 19.3. The van der Waals surface area contributed by atoms with Gasteiger partial charge in [-0.15, -0.1) is 0 Å². The largest absolute Gasteiger partial charge is 0.356 e. The van der Waals surface area contributed by atoms with E-state index in [1.165, 1.54) is 49.6 Å². The summed E-state index contributed by atoms with van der Waals surface area (Å²) in [7, 11) is 0. The zero-order valence-electron chi connectivity index (χ0n) is 16.2. The molecule has 1 saturated heterocycles. The molecule has 148 valence electrons. The molecule has 1 amide bonds. The van der Waals surface area contributed by atoms with E-state index in [0.29, 0.717) is 11.5 Å². The molecule has 0 bridgehead atoms. The minimum atomic E-state index is -0.0907. The number of carbonyl (C=O) groups excluding carboxylic acids is 1. The van der Waals surface area contributed by atoms with E-state index in [2.05, 4.69) is 16.3 Å². The number of pyridine rings is 1. The van der Waals surface area contributed by atoms with Gasteiger partial charge < -0.3 is 10.2 Å². The van der Waals surface area contributed by atoms with Crippen molar-refractivity contribution in [1.82, 2.24) is 4.98 Å². The average Bonchev–Trinajstić information content (AvgIpc) is 3.29. The maximum absolute atomic E-state index is 13.2. The minimum absolute atomic E-state index is 0.0907. The van der Waals surface area contributed by atoms with Crippen LogP contribution in [0.15, 0.2) is 41.4 Å². The van der Waals surface area contributed by atoms with E-state index >= 15 is 0 Å². The first-order chi connectivity index (χ1) is 13.7. The number of hydrogen-bond donors (Lipinski definition) is 2. The molecule has 4 rings (SSSR count). The number of nitrogens with two attached hydrogens (primary N) is 1. The van der Waals surface area contributed by atoms with Crippen LogP contribution in [0.3, 0.4) is 0 Å². The van der Waals surface area contributed by atoms with Crippen LogP contribution in [0.4, 0.5) is 11.5 Å². The molecule has 0 atom stereocenters. The van der Waals surface area contributed by atoms with Crippen LogP contribution >= 0.6 is 11.9 Å². The summed E-state index contributed by atoms with van der Waals surface area (Å²) in [5, 5.41) is 8.71. The monoisotopic (exact) mass is 396 g/mol. The Morgan fingerprint density at radius 2 is 1.89 bits per heavy atom. The summed E-state index contributed by atoms with van der Waals surface area (Å²) < 4.78 is 0. The van der Waals surface area contributed by atoms with Gasteiger partial charge in [0.25, 0.3) is 5.91 Å². The van der Waals surface area contributed by atoms with Gasteiger partial charge in [0.2, 0.25) is 0 Å². The lowest BCUT2D eigenvalue weighted by Gasteiger charge is -2.29. The lowest BCUT2D eigenvalue weighted by molar-refractivity contribution is 0.102. The molecule has 1 aromatic heterocycles. The molecule has 2 heterocycles. The summed E-state index contributed by atoms with van der Waals surface area (Å²) in [6, 6.07) is 9.72. The molecular formula is C22H28N4OS. The van der Waals surface area contributed by atoms with Crippen molar-refractivity contribution in [3.63, 3.8) is 0 Å². The van der Waals surface area contributed by atoms with Crippen LogP contribution in [-0.4, -0.2) is 24.0 Å². The summed E-state index contributed by atoms with van der Waals surface area (Å²) in [6.07, 6.45) is 10.5. The Kier molecular flexibility index (Phi) is 6.17. The standard InChI is InChI=1S/C22H28N4OS/c23-28-19-10-6-9-18(14-19)25-22(27)20-13-17(16-7-2-3-8-16)15-24-21(20)26-11-4-1-5-12-26/h6,9-10,13-16H,1-5,7-8,11-12,23H2,(H,25,27). The number of benzene rings is 1. The third-order valence-corrected chi connectivity index (χ3v) is 6.37. The van der Waals surface area contributed by atoms with Crippen molar-refractivity contribution >= 4 is 29.4 Å². The Morgan fingerprint density at radius 3 is 2.64 bits per heavy atom. The zero-order valence-corrected chi connectivity index (χ0v) is 17.0. The lowest BCUT2D eigenvalue weighted by Crippen LogP contribution is -2.32. The van der Waals surface area contributed by atoms with E-state index in [-0.39, 0.29) is 5.91 Å². The van der Waals surface area contributed by atoms with Gasteiger partial charge in [0.05, 0.1) is 5.56 Å². The molecule has 6 heteroatoms. The van der Waals surface area contributed by atoms with Gasteiger partial charge in [-0.05, 0) is 79.8 Å². The SMILES string of the molecule is NSc1cccc(NC(=O)c2cc(C3CCCC3)cnc2N2CCCCC2)c1. The quantitative estimate of drug-likeness (QED) is 0.700. The summed E-state index contributed by atoms with van der Waals surface area (Å²) in [6.45, 7) is 1.94. The fourth-order valence-corrected chi connectivity index (χ4v) is 4.68. The predicted octanol–water partition coefficient (Wildman–Crippen LogP) is 4.95. The number of nitrogens with zero attached hydrogens (tertiary/aromatic N) is 2. The summed E-state index contributed by atoms with van der Waals surface area (Å²) in [5.41, 5.74) is 2.66. The summed E-state index contributed by atoms with van der Waals surface area (Å²) in [5.74, 6) is 1.27. The molecule has 5 nitrogen and oxygen atoms in total. The first-order valence-electron chi connectivity index (χ1n) is 10.3.